The van der Waals surface area contributed by atoms with E-state index < -0.39 is 0 Å². The molecule has 0 unspecified atom stereocenters. The molecule has 0 bridgehead atoms. The predicted molar refractivity (Wildman–Crippen MR) is 81.1 cm³/mol. The maximum atomic E-state index is 13.0. The molecule has 0 spiro atoms. The van der Waals surface area contributed by atoms with Gasteiger partial charge in [-0.15, -0.1) is 0 Å². The van der Waals surface area contributed by atoms with E-state index in [1.165, 1.54) is 17.7 Å². The molecule has 0 aliphatic rings. The van der Waals surface area contributed by atoms with E-state index in [1.807, 2.05) is 22.9 Å². The monoisotopic (exact) mass is 281 g/mol. The van der Waals surface area contributed by atoms with Crippen molar-refractivity contribution in [3.05, 3.63) is 77.9 Å². The molecule has 1 heterocycles. The molecule has 2 N–H and O–H groups in total. The summed E-state index contributed by atoms with van der Waals surface area (Å²) in [5.41, 5.74) is 8.85. The third-order valence-electron chi connectivity index (χ3n) is 3.40. The van der Waals surface area contributed by atoms with Crippen LogP contribution in [0.5, 0.6) is 0 Å². The zero-order valence-electron chi connectivity index (χ0n) is 11.5. The van der Waals surface area contributed by atoms with Gasteiger partial charge in [-0.1, -0.05) is 24.3 Å². The maximum Gasteiger partial charge on any atom is 0.140 e. The Bertz CT molecular complexity index is 732. The van der Waals surface area contributed by atoms with Crippen molar-refractivity contribution in [1.82, 2.24) is 9.55 Å². The highest BCUT2D eigenvalue weighted by Crippen LogP contribution is 2.19. The number of hydrogen-bond donors (Lipinski definition) is 1. The fourth-order valence-corrected chi connectivity index (χ4v) is 2.35. The van der Waals surface area contributed by atoms with Crippen molar-refractivity contribution in [2.75, 3.05) is 0 Å². The van der Waals surface area contributed by atoms with Gasteiger partial charge in [-0.3, -0.25) is 0 Å². The van der Waals surface area contributed by atoms with Crippen LogP contribution in [-0.4, -0.2) is 9.55 Å². The van der Waals surface area contributed by atoms with Gasteiger partial charge in [0.25, 0.3) is 0 Å². The molecule has 0 aliphatic heterocycles. The van der Waals surface area contributed by atoms with E-state index in [4.69, 9.17) is 5.73 Å². The minimum absolute atomic E-state index is 0.243. The molecule has 0 aliphatic carbocycles. The SMILES string of the molecule is NCc1cccc(Cn2ccnc2-c2ccc(F)cc2)c1. The molecular formula is C17H16FN3. The molecule has 0 amide bonds. The fourth-order valence-electron chi connectivity index (χ4n) is 2.35. The first-order chi connectivity index (χ1) is 10.3. The van der Waals surface area contributed by atoms with Crippen LogP contribution in [0, 0.1) is 5.82 Å². The van der Waals surface area contributed by atoms with Crippen molar-refractivity contribution in [3.63, 3.8) is 0 Å². The molecule has 0 saturated heterocycles. The van der Waals surface area contributed by atoms with Crippen LogP contribution in [0.3, 0.4) is 0 Å². The Kier molecular flexibility index (Phi) is 3.79. The molecule has 0 atom stereocenters. The van der Waals surface area contributed by atoms with E-state index >= 15 is 0 Å². The number of benzene rings is 2. The standard InChI is InChI=1S/C17H16FN3/c18-16-6-4-15(5-7-16)17-20-8-9-21(17)12-14-3-1-2-13(10-14)11-19/h1-10H,11-12,19H2. The maximum absolute atomic E-state index is 13.0. The van der Waals surface area contributed by atoms with Crippen LogP contribution in [0.1, 0.15) is 11.1 Å². The summed E-state index contributed by atoms with van der Waals surface area (Å²) in [6.07, 6.45) is 3.68. The van der Waals surface area contributed by atoms with Crippen LogP contribution in [0.15, 0.2) is 60.9 Å². The van der Waals surface area contributed by atoms with E-state index in [0.29, 0.717) is 13.1 Å². The van der Waals surface area contributed by atoms with Gasteiger partial charge < -0.3 is 10.3 Å². The average molecular weight is 281 g/mol. The van der Waals surface area contributed by atoms with Crippen LogP contribution in [0.4, 0.5) is 4.39 Å². The first-order valence-electron chi connectivity index (χ1n) is 6.81. The Hall–Kier alpha value is -2.46. The molecule has 0 radical (unpaired) electrons. The highest BCUT2D eigenvalue weighted by atomic mass is 19.1. The third kappa shape index (κ3) is 3.01. The van der Waals surface area contributed by atoms with Gasteiger partial charge in [0.1, 0.15) is 11.6 Å². The summed E-state index contributed by atoms with van der Waals surface area (Å²) >= 11 is 0. The summed E-state index contributed by atoms with van der Waals surface area (Å²) in [4.78, 5) is 4.37. The summed E-state index contributed by atoms with van der Waals surface area (Å²) in [5.74, 6) is 0.584. The van der Waals surface area contributed by atoms with Crippen molar-refractivity contribution in [1.29, 1.82) is 0 Å². The van der Waals surface area contributed by atoms with Gasteiger partial charge in [0.2, 0.25) is 0 Å². The number of nitrogens with two attached hydrogens (primary N) is 1. The third-order valence-corrected chi connectivity index (χ3v) is 3.40. The molecule has 3 aromatic rings. The first kappa shape index (κ1) is 13.5. The number of nitrogens with zero attached hydrogens (tertiary/aromatic N) is 2. The number of halogens is 1. The van der Waals surface area contributed by atoms with Gasteiger partial charge in [0, 0.05) is 31.0 Å². The Morgan fingerprint density at radius 1 is 1.05 bits per heavy atom. The van der Waals surface area contributed by atoms with Crippen LogP contribution in [-0.2, 0) is 13.1 Å². The Morgan fingerprint density at radius 3 is 2.57 bits per heavy atom. The molecule has 2 aromatic carbocycles. The minimum atomic E-state index is -0.243. The van der Waals surface area contributed by atoms with Gasteiger partial charge >= 0.3 is 0 Å². The molecule has 21 heavy (non-hydrogen) atoms. The van der Waals surface area contributed by atoms with Crippen LogP contribution >= 0.6 is 0 Å². The van der Waals surface area contributed by atoms with E-state index in [0.717, 1.165) is 17.0 Å². The highest BCUT2D eigenvalue weighted by Gasteiger charge is 2.07. The Labute approximate surface area is 122 Å². The molecule has 4 heteroatoms. The molecule has 0 saturated carbocycles. The number of rotatable bonds is 4. The zero-order valence-corrected chi connectivity index (χ0v) is 11.5. The number of hydrogen-bond acceptors (Lipinski definition) is 2. The summed E-state index contributed by atoms with van der Waals surface area (Å²) in [5, 5.41) is 0. The van der Waals surface area contributed by atoms with Crippen LogP contribution < -0.4 is 5.73 Å². The predicted octanol–water partition coefficient (Wildman–Crippen LogP) is 3.20. The van der Waals surface area contributed by atoms with E-state index in [2.05, 4.69) is 17.1 Å². The second-order valence-corrected chi connectivity index (χ2v) is 4.91. The lowest BCUT2D eigenvalue weighted by Gasteiger charge is -2.09. The van der Waals surface area contributed by atoms with Crippen molar-refractivity contribution < 1.29 is 4.39 Å². The fraction of sp³-hybridized carbons (Fsp3) is 0.118. The lowest BCUT2D eigenvalue weighted by Crippen LogP contribution is -2.03. The molecule has 1 aromatic heterocycles. The molecule has 3 nitrogen and oxygen atoms in total. The molecule has 106 valence electrons. The average Bonchev–Trinajstić information content (AvgIpc) is 2.96. The normalized spacial score (nSPS) is 10.8. The topological polar surface area (TPSA) is 43.8 Å². The quantitative estimate of drug-likeness (QED) is 0.798. The van der Waals surface area contributed by atoms with Crippen LogP contribution in [0.25, 0.3) is 11.4 Å². The number of aromatic nitrogens is 2. The van der Waals surface area contributed by atoms with Crippen molar-refractivity contribution in [2.24, 2.45) is 5.73 Å². The number of imidazole rings is 1. The lowest BCUT2D eigenvalue weighted by molar-refractivity contribution is 0.628. The second-order valence-electron chi connectivity index (χ2n) is 4.91. The van der Waals surface area contributed by atoms with Gasteiger partial charge in [-0.25, -0.2) is 9.37 Å². The summed E-state index contributed by atoms with van der Waals surface area (Å²) in [6.45, 7) is 1.24. The van der Waals surface area contributed by atoms with Crippen LogP contribution in [0.2, 0.25) is 0 Å². The lowest BCUT2D eigenvalue weighted by atomic mass is 10.1. The summed E-state index contributed by atoms with van der Waals surface area (Å²) in [6, 6.07) is 14.5. The second kappa shape index (κ2) is 5.89. The highest BCUT2D eigenvalue weighted by molar-refractivity contribution is 5.55. The van der Waals surface area contributed by atoms with Gasteiger partial charge in [-0.05, 0) is 35.4 Å². The van der Waals surface area contributed by atoms with Crippen molar-refractivity contribution in [2.45, 2.75) is 13.1 Å². The molecule has 0 fully saturated rings. The van der Waals surface area contributed by atoms with Gasteiger partial charge in [-0.2, -0.15) is 0 Å². The zero-order chi connectivity index (χ0) is 14.7. The molecular weight excluding hydrogens is 265 g/mol. The smallest absolute Gasteiger partial charge is 0.140 e. The largest absolute Gasteiger partial charge is 0.327 e. The Morgan fingerprint density at radius 2 is 1.81 bits per heavy atom. The van der Waals surface area contributed by atoms with Gasteiger partial charge in [0.15, 0.2) is 0 Å². The minimum Gasteiger partial charge on any atom is -0.327 e. The van der Waals surface area contributed by atoms with Gasteiger partial charge in [0.05, 0.1) is 0 Å². The van der Waals surface area contributed by atoms with E-state index in [9.17, 15) is 4.39 Å². The Balaban J connectivity index is 1.90. The van der Waals surface area contributed by atoms with E-state index in [1.54, 1.807) is 18.3 Å². The van der Waals surface area contributed by atoms with Crippen molar-refractivity contribution >= 4 is 0 Å². The summed E-state index contributed by atoms with van der Waals surface area (Å²) in [7, 11) is 0. The first-order valence-corrected chi connectivity index (χ1v) is 6.81. The van der Waals surface area contributed by atoms with Crippen molar-refractivity contribution in [3.8, 4) is 11.4 Å². The summed E-state index contributed by atoms with van der Waals surface area (Å²) < 4.78 is 15.1. The molecule has 3 rings (SSSR count). The van der Waals surface area contributed by atoms with E-state index in [-0.39, 0.29) is 5.82 Å².